The molecule has 0 bridgehead atoms. The standard InChI is InChI=1S/C13H18ClF/c1-12(2,3)9-13(4,14)10-5-7-11(15)8-6-10/h5-8H,9H2,1-4H3. The van der Waals surface area contributed by atoms with Gasteiger partial charge in [0.25, 0.3) is 0 Å². The number of benzene rings is 1. The summed E-state index contributed by atoms with van der Waals surface area (Å²) in [6, 6.07) is 6.43. The first-order valence-electron chi connectivity index (χ1n) is 5.16. The predicted octanol–water partition coefficient (Wildman–Crippen LogP) is 4.72. The molecule has 0 heterocycles. The molecule has 1 aromatic rings. The molecule has 1 aromatic carbocycles. The lowest BCUT2D eigenvalue weighted by Crippen LogP contribution is -2.22. The third-order valence-corrected chi connectivity index (χ3v) is 2.66. The molecule has 84 valence electrons. The molecule has 0 nitrogen and oxygen atoms in total. The van der Waals surface area contributed by atoms with Crippen molar-refractivity contribution in [2.24, 2.45) is 5.41 Å². The highest BCUT2D eigenvalue weighted by molar-refractivity contribution is 6.23. The van der Waals surface area contributed by atoms with Crippen molar-refractivity contribution in [2.45, 2.75) is 39.0 Å². The summed E-state index contributed by atoms with van der Waals surface area (Å²) in [5.74, 6) is -0.220. The number of hydrogen-bond donors (Lipinski definition) is 0. The van der Waals surface area contributed by atoms with Gasteiger partial charge in [0.15, 0.2) is 0 Å². The van der Waals surface area contributed by atoms with Crippen LogP contribution in [0.15, 0.2) is 24.3 Å². The van der Waals surface area contributed by atoms with Crippen molar-refractivity contribution in [1.82, 2.24) is 0 Å². The third kappa shape index (κ3) is 3.83. The molecule has 0 N–H and O–H groups in total. The van der Waals surface area contributed by atoms with Gasteiger partial charge in [-0.25, -0.2) is 4.39 Å². The van der Waals surface area contributed by atoms with Gasteiger partial charge in [-0.1, -0.05) is 32.9 Å². The molecule has 1 atom stereocenters. The van der Waals surface area contributed by atoms with E-state index in [1.54, 1.807) is 12.1 Å². The molecule has 0 fully saturated rings. The minimum absolute atomic E-state index is 0.158. The molecule has 1 rings (SSSR count). The Kier molecular flexibility index (Phi) is 3.44. The van der Waals surface area contributed by atoms with Crippen molar-refractivity contribution in [3.05, 3.63) is 35.6 Å². The van der Waals surface area contributed by atoms with Crippen LogP contribution in [0.25, 0.3) is 0 Å². The Labute approximate surface area is 96.5 Å². The molecule has 0 aromatic heterocycles. The van der Waals surface area contributed by atoms with Gasteiger partial charge in [0, 0.05) is 0 Å². The second-order valence-electron chi connectivity index (χ2n) is 5.44. The molecule has 0 aliphatic rings. The first kappa shape index (κ1) is 12.5. The SMILES string of the molecule is CC(C)(C)CC(C)(Cl)c1ccc(F)cc1. The second-order valence-corrected chi connectivity index (χ2v) is 6.28. The predicted molar refractivity (Wildman–Crippen MR) is 63.7 cm³/mol. The van der Waals surface area contributed by atoms with Crippen LogP contribution in [0, 0.1) is 11.2 Å². The van der Waals surface area contributed by atoms with E-state index in [0.717, 1.165) is 12.0 Å². The van der Waals surface area contributed by atoms with Crippen LogP contribution < -0.4 is 0 Å². The number of hydrogen-bond acceptors (Lipinski definition) is 0. The highest BCUT2D eigenvalue weighted by atomic mass is 35.5. The summed E-state index contributed by atoms with van der Waals surface area (Å²) in [4.78, 5) is -0.425. The zero-order valence-corrected chi connectivity index (χ0v) is 10.5. The van der Waals surface area contributed by atoms with Gasteiger partial charge in [-0.05, 0) is 36.5 Å². The smallest absolute Gasteiger partial charge is 0.123 e. The molecule has 0 radical (unpaired) electrons. The first-order valence-corrected chi connectivity index (χ1v) is 5.53. The van der Waals surface area contributed by atoms with Crippen LogP contribution in [0.2, 0.25) is 0 Å². The molecule has 0 saturated carbocycles. The zero-order valence-electron chi connectivity index (χ0n) is 9.77. The summed E-state index contributed by atoms with van der Waals surface area (Å²) in [6.45, 7) is 8.43. The van der Waals surface area contributed by atoms with Crippen LogP contribution in [0.5, 0.6) is 0 Å². The molecule has 0 spiro atoms. The summed E-state index contributed by atoms with van der Waals surface area (Å²) in [7, 11) is 0. The Morgan fingerprint density at radius 2 is 1.53 bits per heavy atom. The average Bonchev–Trinajstić information content (AvgIpc) is 2.00. The van der Waals surface area contributed by atoms with Crippen LogP contribution >= 0.6 is 11.6 Å². The molecule has 1 unspecified atom stereocenters. The zero-order chi connectivity index (χ0) is 11.7. The monoisotopic (exact) mass is 228 g/mol. The lowest BCUT2D eigenvalue weighted by molar-refractivity contribution is 0.327. The Bertz CT molecular complexity index is 319. The Balaban J connectivity index is 2.90. The summed E-state index contributed by atoms with van der Waals surface area (Å²) >= 11 is 6.48. The Morgan fingerprint density at radius 3 is 1.93 bits per heavy atom. The lowest BCUT2D eigenvalue weighted by atomic mass is 9.82. The van der Waals surface area contributed by atoms with Crippen molar-refractivity contribution in [1.29, 1.82) is 0 Å². The fourth-order valence-corrected chi connectivity index (χ4v) is 2.42. The first-order chi connectivity index (χ1) is 6.71. The normalized spacial score (nSPS) is 16.1. The lowest BCUT2D eigenvalue weighted by Gasteiger charge is -2.30. The second kappa shape index (κ2) is 4.13. The van der Waals surface area contributed by atoms with Gasteiger partial charge in [-0.3, -0.25) is 0 Å². The fraction of sp³-hybridized carbons (Fsp3) is 0.538. The molecular weight excluding hydrogens is 211 g/mol. The van der Waals surface area contributed by atoms with E-state index in [9.17, 15) is 4.39 Å². The van der Waals surface area contributed by atoms with Crippen molar-refractivity contribution < 1.29 is 4.39 Å². The van der Waals surface area contributed by atoms with Gasteiger partial charge in [-0.15, -0.1) is 11.6 Å². The topological polar surface area (TPSA) is 0 Å². The van der Waals surface area contributed by atoms with E-state index in [1.807, 2.05) is 6.92 Å². The molecule has 0 saturated heterocycles. The van der Waals surface area contributed by atoms with Crippen molar-refractivity contribution in [3.63, 3.8) is 0 Å². The molecule has 0 aliphatic heterocycles. The molecule has 15 heavy (non-hydrogen) atoms. The van der Waals surface area contributed by atoms with Crippen molar-refractivity contribution >= 4 is 11.6 Å². The minimum atomic E-state index is -0.425. The maximum absolute atomic E-state index is 12.8. The molecule has 2 heteroatoms. The van der Waals surface area contributed by atoms with E-state index in [-0.39, 0.29) is 11.2 Å². The van der Waals surface area contributed by atoms with Gasteiger partial charge in [0.1, 0.15) is 5.82 Å². The number of alkyl halides is 1. The van der Waals surface area contributed by atoms with Crippen LogP contribution in [0.4, 0.5) is 4.39 Å². The fourth-order valence-electron chi connectivity index (χ4n) is 1.90. The summed E-state index contributed by atoms with van der Waals surface area (Å²) < 4.78 is 12.8. The van der Waals surface area contributed by atoms with E-state index in [1.165, 1.54) is 12.1 Å². The maximum atomic E-state index is 12.8. The number of rotatable bonds is 2. The largest absolute Gasteiger partial charge is 0.207 e. The Hall–Kier alpha value is -0.560. The highest BCUT2D eigenvalue weighted by Crippen LogP contribution is 2.39. The van der Waals surface area contributed by atoms with E-state index in [2.05, 4.69) is 20.8 Å². The van der Waals surface area contributed by atoms with E-state index in [0.29, 0.717) is 0 Å². The molecule has 0 amide bonds. The van der Waals surface area contributed by atoms with Crippen LogP contribution in [-0.4, -0.2) is 0 Å². The van der Waals surface area contributed by atoms with Crippen molar-refractivity contribution in [2.75, 3.05) is 0 Å². The number of halogens is 2. The third-order valence-electron chi connectivity index (χ3n) is 2.31. The van der Waals surface area contributed by atoms with Crippen LogP contribution in [0.3, 0.4) is 0 Å². The summed E-state index contributed by atoms with van der Waals surface area (Å²) in [5.41, 5.74) is 1.13. The average molecular weight is 229 g/mol. The van der Waals surface area contributed by atoms with Gasteiger partial charge in [0.2, 0.25) is 0 Å². The van der Waals surface area contributed by atoms with Crippen LogP contribution in [-0.2, 0) is 4.87 Å². The summed E-state index contributed by atoms with van der Waals surface area (Å²) in [5, 5.41) is 0. The van der Waals surface area contributed by atoms with Crippen molar-refractivity contribution in [3.8, 4) is 0 Å². The van der Waals surface area contributed by atoms with E-state index >= 15 is 0 Å². The van der Waals surface area contributed by atoms with E-state index in [4.69, 9.17) is 11.6 Å². The van der Waals surface area contributed by atoms with Gasteiger partial charge >= 0.3 is 0 Å². The minimum Gasteiger partial charge on any atom is -0.207 e. The van der Waals surface area contributed by atoms with Gasteiger partial charge < -0.3 is 0 Å². The highest BCUT2D eigenvalue weighted by Gasteiger charge is 2.29. The van der Waals surface area contributed by atoms with Crippen LogP contribution in [0.1, 0.15) is 39.7 Å². The molecular formula is C13H18ClF. The Morgan fingerprint density at radius 1 is 1.07 bits per heavy atom. The quantitative estimate of drug-likeness (QED) is 0.643. The van der Waals surface area contributed by atoms with Gasteiger partial charge in [-0.2, -0.15) is 0 Å². The van der Waals surface area contributed by atoms with Gasteiger partial charge in [0.05, 0.1) is 4.87 Å². The summed E-state index contributed by atoms with van der Waals surface area (Å²) in [6.07, 6.45) is 0.854. The molecule has 0 aliphatic carbocycles. The maximum Gasteiger partial charge on any atom is 0.123 e. The van der Waals surface area contributed by atoms with E-state index < -0.39 is 4.87 Å².